The summed E-state index contributed by atoms with van der Waals surface area (Å²) in [5.74, 6) is 0.141. The van der Waals surface area contributed by atoms with Gasteiger partial charge in [-0.25, -0.2) is 0 Å². The molecule has 2 aliphatic heterocycles. The van der Waals surface area contributed by atoms with E-state index in [0.717, 1.165) is 44.7 Å². The second kappa shape index (κ2) is 8.78. The summed E-state index contributed by atoms with van der Waals surface area (Å²) >= 11 is 0. The van der Waals surface area contributed by atoms with Crippen LogP contribution in [-0.2, 0) is 17.6 Å². The van der Waals surface area contributed by atoms with Crippen molar-refractivity contribution >= 4 is 17.3 Å². The molecular weight excluding hydrogens is 346 g/mol. The van der Waals surface area contributed by atoms with Gasteiger partial charge < -0.3 is 10.2 Å². The van der Waals surface area contributed by atoms with Gasteiger partial charge in [-0.3, -0.25) is 9.69 Å². The van der Waals surface area contributed by atoms with Gasteiger partial charge in [0, 0.05) is 44.0 Å². The third-order valence-electron chi connectivity index (χ3n) is 6.03. The van der Waals surface area contributed by atoms with Crippen molar-refractivity contribution in [1.82, 2.24) is 4.90 Å². The molecular formula is C24H31N3O. The lowest BCUT2D eigenvalue weighted by Crippen LogP contribution is -2.46. The van der Waals surface area contributed by atoms with Crippen molar-refractivity contribution in [3.63, 3.8) is 0 Å². The maximum atomic E-state index is 11.5. The molecule has 1 amide bonds. The molecule has 0 saturated carbocycles. The highest BCUT2D eigenvalue weighted by atomic mass is 16.1. The van der Waals surface area contributed by atoms with Crippen LogP contribution >= 0.6 is 0 Å². The molecule has 4 rings (SSSR count). The number of hydrogen-bond donors (Lipinski definition) is 1. The van der Waals surface area contributed by atoms with Gasteiger partial charge >= 0.3 is 0 Å². The van der Waals surface area contributed by atoms with Crippen LogP contribution in [0.1, 0.15) is 36.0 Å². The van der Waals surface area contributed by atoms with Crippen molar-refractivity contribution in [1.29, 1.82) is 0 Å². The first-order chi connectivity index (χ1) is 13.7. The fourth-order valence-corrected chi connectivity index (χ4v) is 4.24. The zero-order valence-electron chi connectivity index (χ0n) is 16.9. The maximum Gasteiger partial charge on any atom is 0.224 e. The summed E-state index contributed by atoms with van der Waals surface area (Å²) in [6.45, 7) is 7.91. The topological polar surface area (TPSA) is 35.6 Å². The number of piperazine rings is 1. The van der Waals surface area contributed by atoms with Gasteiger partial charge in [0.2, 0.25) is 5.91 Å². The average Bonchev–Trinajstić information content (AvgIpc) is 2.72. The Kier molecular flexibility index (Phi) is 5.96. The van der Waals surface area contributed by atoms with Crippen molar-refractivity contribution in [2.24, 2.45) is 0 Å². The molecule has 2 aliphatic rings. The van der Waals surface area contributed by atoms with Gasteiger partial charge in [0.15, 0.2) is 0 Å². The average molecular weight is 378 g/mol. The van der Waals surface area contributed by atoms with E-state index in [1.54, 1.807) is 0 Å². The van der Waals surface area contributed by atoms with Crippen molar-refractivity contribution in [2.45, 2.75) is 39.0 Å². The number of amides is 1. The highest BCUT2D eigenvalue weighted by molar-refractivity contribution is 5.93. The molecule has 2 aromatic rings. The van der Waals surface area contributed by atoms with Crippen LogP contribution in [0.3, 0.4) is 0 Å². The van der Waals surface area contributed by atoms with Gasteiger partial charge in [-0.05, 0) is 68.5 Å². The Bertz CT molecular complexity index is 807. The lowest BCUT2D eigenvalue weighted by atomic mass is 9.98. The zero-order chi connectivity index (χ0) is 19.3. The van der Waals surface area contributed by atoms with Crippen LogP contribution in [0.2, 0.25) is 0 Å². The van der Waals surface area contributed by atoms with E-state index in [1.807, 2.05) is 0 Å². The number of nitrogens with zero attached hydrogens (tertiary/aromatic N) is 2. The molecule has 0 atom stereocenters. The van der Waals surface area contributed by atoms with Crippen LogP contribution in [0.15, 0.2) is 42.5 Å². The largest absolute Gasteiger partial charge is 0.369 e. The van der Waals surface area contributed by atoms with Crippen LogP contribution < -0.4 is 10.2 Å². The molecule has 148 valence electrons. The number of hydrogen-bond acceptors (Lipinski definition) is 3. The molecule has 0 spiro atoms. The molecule has 2 heterocycles. The number of aryl methyl sites for hydroxylation is 3. The van der Waals surface area contributed by atoms with E-state index in [4.69, 9.17) is 0 Å². The molecule has 1 fully saturated rings. The Labute approximate surface area is 168 Å². The summed E-state index contributed by atoms with van der Waals surface area (Å²) in [5.41, 5.74) is 6.38. The smallest absolute Gasteiger partial charge is 0.224 e. The quantitative estimate of drug-likeness (QED) is 0.772. The Morgan fingerprint density at radius 1 is 0.929 bits per heavy atom. The summed E-state index contributed by atoms with van der Waals surface area (Å²) in [6.07, 6.45) is 5.09. The molecule has 0 radical (unpaired) electrons. The number of rotatable bonds is 6. The van der Waals surface area contributed by atoms with Gasteiger partial charge in [0.05, 0.1) is 0 Å². The molecule has 0 bridgehead atoms. The fourth-order valence-electron chi connectivity index (χ4n) is 4.24. The second-order valence-electron chi connectivity index (χ2n) is 8.16. The first-order valence-corrected chi connectivity index (χ1v) is 10.6. The maximum absolute atomic E-state index is 11.5. The molecule has 1 saturated heterocycles. The summed E-state index contributed by atoms with van der Waals surface area (Å²) in [6, 6.07) is 15.4. The zero-order valence-corrected chi connectivity index (χ0v) is 16.9. The Morgan fingerprint density at radius 2 is 1.71 bits per heavy atom. The summed E-state index contributed by atoms with van der Waals surface area (Å²) in [7, 11) is 0. The van der Waals surface area contributed by atoms with Gasteiger partial charge in [0.1, 0.15) is 0 Å². The molecule has 0 aromatic heterocycles. The van der Waals surface area contributed by atoms with Crippen LogP contribution in [0.25, 0.3) is 0 Å². The molecule has 0 aliphatic carbocycles. The Hall–Kier alpha value is -2.33. The first-order valence-electron chi connectivity index (χ1n) is 10.6. The second-order valence-corrected chi connectivity index (χ2v) is 8.16. The van der Waals surface area contributed by atoms with E-state index in [1.165, 1.54) is 41.8 Å². The minimum Gasteiger partial charge on any atom is -0.369 e. The molecule has 2 aromatic carbocycles. The van der Waals surface area contributed by atoms with Crippen LogP contribution in [0.4, 0.5) is 11.4 Å². The predicted octanol–water partition coefficient (Wildman–Crippen LogP) is 4.02. The summed E-state index contributed by atoms with van der Waals surface area (Å²) in [4.78, 5) is 16.6. The number of carbonyl (C=O) groups excluding carboxylic acids is 1. The normalized spacial score (nSPS) is 17.3. The molecule has 4 heteroatoms. The number of anilines is 2. The fraction of sp³-hybridized carbons (Fsp3) is 0.458. The van der Waals surface area contributed by atoms with E-state index >= 15 is 0 Å². The number of nitrogens with one attached hydrogen (secondary N) is 1. The van der Waals surface area contributed by atoms with Gasteiger partial charge in [-0.2, -0.15) is 0 Å². The minimum absolute atomic E-state index is 0.141. The van der Waals surface area contributed by atoms with E-state index in [0.29, 0.717) is 6.42 Å². The first kappa shape index (κ1) is 19.0. The van der Waals surface area contributed by atoms with Gasteiger partial charge in [-0.15, -0.1) is 0 Å². The number of fused-ring (bicyclic) bond motifs is 1. The van der Waals surface area contributed by atoms with E-state index in [2.05, 4.69) is 64.5 Å². The lowest BCUT2D eigenvalue weighted by molar-refractivity contribution is -0.116. The summed E-state index contributed by atoms with van der Waals surface area (Å²) in [5, 5.41) is 2.97. The van der Waals surface area contributed by atoms with Gasteiger partial charge in [0.25, 0.3) is 0 Å². The molecule has 0 unspecified atom stereocenters. The summed E-state index contributed by atoms with van der Waals surface area (Å²) < 4.78 is 0. The standard InChI is InChI=1S/C24H31N3O/c1-19-5-9-22(10-6-19)27-16-14-26(15-17-27)13-3-2-4-20-7-11-23-21(18-20)8-12-24(28)25-23/h5-7,9-11,18H,2-4,8,12-17H2,1H3,(H,25,28). The Balaban J connectivity index is 1.17. The van der Waals surface area contributed by atoms with Crippen LogP contribution in [0.5, 0.6) is 0 Å². The SMILES string of the molecule is Cc1ccc(N2CCN(CCCCc3ccc4c(c3)CCC(=O)N4)CC2)cc1. The molecule has 28 heavy (non-hydrogen) atoms. The highest BCUT2D eigenvalue weighted by Crippen LogP contribution is 2.24. The molecule has 4 nitrogen and oxygen atoms in total. The van der Waals surface area contributed by atoms with Crippen LogP contribution in [-0.4, -0.2) is 43.5 Å². The number of carbonyl (C=O) groups is 1. The van der Waals surface area contributed by atoms with Crippen molar-refractivity contribution in [3.05, 3.63) is 59.2 Å². The van der Waals surface area contributed by atoms with Crippen molar-refractivity contribution in [2.75, 3.05) is 42.9 Å². The van der Waals surface area contributed by atoms with E-state index in [-0.39, 0.29) is 5.91 Å². The van der Waals surface area contributed by atoms with Crippen LogP contribution in [0, 0.1) is 6.92 Å². The van der Waals surface area contributed by atoms with E-state index < -0.39 is 0 Å². The van der Waals surface area contributed by atoms with Crippen molar-refractivity contribution in [3.8, 4) is 0 Å². The number of benzene rings is 2. The minimum atomic E-state index is 0.141. The monoisotopic (exact) mass is 377 g/mol. The third kappa shape index (κ3) is 4.74. The lowest BCUT2D eigenvalue weighted by Gasteiger charge is -2.36. The highest BCUT2D eigenvalue weighted by Gasteiger charge is 2.17. The van der Waals surface area contributed by atoms with E-state index in [9.17, 15) is 4.79 Å². The predicted molar refractivity (Wildman–Crippen MR) is 116 cm³/mol. The van der Waals surface area contributed by atoms with Gasteiger partial charge in [-0.1, -0.05) is 29.8 Å². The molecule has 1 N–H and O–H groups in total. The van der Waals surface area contributed by atoms with Crippen molar-refractivity contribution < 1.29 is 4.79 Å². The number of unbranched alkanes of at least 4 members (excludes halogenated alkanes) is 1. The third-order valence-corrected chi connectivity index (χ3v) is 6.03. The Morgan fingerprint density at radius 3 is 2.50 bits per heavy atom.